The minimum Gasteiger partial charge on any atom is -0.490 e. The van der Waals surface area contributed by atoms with Crippen molar-refractivity contribution in [3.8, 4) is 11.5 Å². The van der Waals surface area contributed by atoms with Crippen LogP contribution in [0.15, 0.2) is 79.0 Å². The van der Waals surface area contributed by atoms with Crippen molar-refractivity contribution in [2.24, 2.45) is 0 Å². The van der Waals surface area contributed by atoms with Gasteiger partial charge in [0.25, 0.3) is 0 Å². The molecule has 4 rings (SSSR count). The molecule has 0 aliphatic rings. The summed E-state index contributed by atoms with van der Waals surface area (Å²) >= 11 is 0. The number of nitrogens with one attached hydrogen (secondary N) is 2. The summed E-state index contributed by atoms with van der Waals surface area (Å²) in [6.07, 6.45) is -4.06. The number of rotatable bonds is 11. The molecule has 10 nitrogen and oxygen atoms in total. The Bertz CT molecular complexity index is 1680. The van der Waals surface area contributed by atoms with Crippen molar-refractivity contribution < 1.29 is 41.8 Å². The van der Waals surface area contributed by atoms with Gasteiger partial charge in [-0.3, -0.25) is 4.79 Å². The average Bonchev–Trinajstić information content (AvgIpc) is 2.99. The SMILES string of the molecule is CCOc1cc(C(Nc2ccc3c(N)nccc3c2)C(=O)NC(C(=O)OC(=O)C(F)(F)F)c2ccccc2)ccc1OC(C)C. The number of esters is 2. The van der Waals surface area contributed by atoms with Gasteiger partial charge in [-0.25, -0.2) is 14.6 Å². The molecule has 0 spiro atoms. The van der Waals surface area contributed by atoms with Gasteiger partial charge in [0.05, 0.1) is 12.7 Å². The Morgan fingerprint density at radius 2 is 1.64 bits per heavy atom. The number of halogens is 3. The highest BCUT2D eigenvalue weighted by molar-refractivity contribution is 5.96. The minimum atomic E-state index is -5.42. The molecule has 2 atom stereocenters. The third-order valence-electron chi connectivity index (χ3n) is 6.41. The van der Waals surface area contributed by atoms with Crippen molar-refractivity contribution in [3.63, 3.8) is 0 Å². The van der Waals surface area contributed by atoms with Crippen molar-refractivity contribution in [1.82, 2.24) is 10.3 Å². The first kappa shape index (κ1) is 32.6. The Morgan fingerprint density at radius 3 is 2.31 bits per heavy atom. The number of amides is 1. The summed E-state index contributed by atoms with van der Waals surface area (Å²) < 4.78 is 54.5. The lowest BCUT2D eigenvalue weighted by Crippen LogP contribution is -2.41. The summed E-state index contributed by atoms with van der Waals surface area (Å²) in [7, 11) is 0. The van der Waals surface area contributed by atoms with Crippen molar-refractivity contribution in [1.29, 1.82) is 0 Å². The van der Waals surface area contributed by atoms with Gasteiger partial charge in [0.1, 0.15) is 11.9 Å². The predicted molar refractivity (Wildman–Crippen MR) is 160 cm³/mol. The molecule has 0 saturated carbocycles. The molecule has 1 heterocycles. The zero-order valence-electron chi connectivity index (χ0n) is 24.6. The number of nitrogens with two attached hydrogens (primary N) is 1. The van der Waals surface area contributed by atoms with Crippen LogP contribution >= 0.6 is 0 Å². The Labute approximate surface area is 256 Å². The van der Waals surface area contributed by atoms with Gasteiger partial charge in [0.15, 0.2) is 17.5 Å². The number of nitrogen functional groups attached to an aromatic ring is 1. The van der Waals surface area contributed by atoms with E-state index in [-0.39, 0.29) is 18.3 Å². The summed E-state index contributed by atoms with van der Waals surface area (Å²) in [6, 6.07) is 16.1. The standard InChI is InChI=1S/C32H31F3N4O6/c1-4-43-25-17-21(10-13-24(25)44-18(2)3)26(38-22-11-12-23-20(16-22)14-15-37-28(23)36)29(40)39-27(19-8-6-5-7-9-19)30(41)45-31(42)32(33,34)35/h5-18,26-27,38H,4H2,1-3H3,(H2,36,37)(H,39,40). The molecule has 0 aliphatic heterocycles. The molecule has 13 heteroatoms. The summed E-state index contributed by atoms with van der Waals surface area (Å²) in [6.45, 7) is 5.76. The van der Waals surface area contributed by atoms with Crippen LogP contribution in [0.4, 0.5) is 24.7 Å². The first-order valence-corrected chi connectivity index (χ1v) is 13.9. The Morgan fingerprint density at radius 1 is 0.911 bits per heavy atom. The molecule has 0 fully saturated rings. The van der Waals surface area contributed by atoms with Gasteiger partial charge in [-0.1, -0.05) is 36.4 Å². The van der Waals surface area contributed by atoms with Gasteiger partial charge in [0, 0.05) is 17.3 Å². The van der Waals surface area contributed by atoms with Crippen LogP contribution in [0.25, 0.3) is 10.8 Å². The van der Waals surface area contributed by atoms with E-state index in [4.69, 9.17) is 15.2 Å². The van der Waals surface area contributed by atoms with E-state index in [2.05, 4.69) is 20.4 Å². The van der Waals surface area contributed by atoms with E-state index >= 15 is 0 Å². The number of hydrogen-bond donors (Lipinski definition) is 3. The molecule has 4 aromatic rings. The summed E-state index contributed by atoms with van der Waals surface area (Å²) in [5.74, 6) is -4.05. The maximum Gasteiger partial charge on any atom is 0.491 e. The smallest absolute Gasteiger partial charge is 0.490 e. The highest BCUT2D eigenvalue weighted by Crippen LogP contribution is 2.34. The fourth-order valence-electron chi connectivity index (χ4n) is 4.44. The van der Waals surface area contributed by atoms with Crippen LogP contribution in [-0.2, 0) is 19.1 Å². The maximum absolute atomic E-state index is 14.0. The van der Waals surface area contributed by atoms with Gasteiger partial charge in [0.2, 0.25) is 5.91 Å². The van der Waals surface area contributed by atoms with Crippen LogP contribution in [0.3, 0.4) is 0 Å². The van der Waals surface area contributed by atoms with Gasteiger partial charge < -0.3 is 30.6 Å². The van der Waals surface area contributed by atoms with Crippen LogP contribution in [0.5, 0.6) is 11.5 Å². The summed E-state index contributed by atoms with van der Waals surface area (Å²) in [5, 5.41) is 6.98. The second kappa shape index (κ2) is 14.0. The van der Waals surface area contributed by atoms with E-state index in [1.165, 1.54) is 30.5 Å². The van der Waals surface area contributed by atoms with E-state index in [1.54, 1.807) is 55.5 Å². The maximum atomic E-state index is 14.0. The molecule has 4 N–H and O–H groups in total. The molecule has 0 radical (unpaired) electrons. The van der Waals surface area contributed by atoms with Crippen LogP contribution in [0, 0.1) is 0 Å². The number of carbonyl (C=O) groups is 3. The average molecular weight is 625 g/mol. The van der Waals surface area contributed by atoms with Crippen LogP contribution in [0.1, 0.15) is 44.0 Å². The Balaban J connectivity index is 1.75. The molecule has 45 heavy (non-hydrogen) atoms. The Hall–Kier alpha value is -5.33. The van der Waals surface area contributed by atoms with Crippen LogP contribution in [0.2, 0.25) is 0 Å². The number of alkyl halides is 3. The minimum absolute atomic E-state index is 0.0916. The molecule has 1 amide bonds. The predicted octanol–water partition coefficient (Wildman–Crippen LogP) is 5.65. The van der Waals surface area contributed by atoms with Gasteiger partial charge in [-0.2, -0.15) is 13.2 Å². The number of nitrogens with zero attached hydrogens (tertiary/aromatic N) is 1. The van der Waals surface area contributed by atoms with Crippen LogP contribution < -0.4 is 25.8 Å². The zero-order chi connectivity index (χ0) is 32.7. The molecular formula is C32H31F3N4O6. The molecular weight excluding hydrogens is 593 g/mol. The number of anilines is 2. The topological polar surface area (TPSA) is 142 Å². The molecule has 1 aromatic heterocycles. The van der Waals surface area contributed by atoms with E-state index in [1.807, 2.05) is 13.8 Å². The lowest BCUT2D eigenvalue weighted by atomic mass is 10.0. The van der Waals surface area contributed by atoms with Gasteiger partial charge in [-0.05, 0) is 73.7 Å². The first-order valence-electron chi connectivity index (χ1n) is 13.9. The number of benzene rings is 3. The molecule has 2 unspecified atom stereocenters. The highest BCUT2D eigenvalue weighted by Gasteiger charge is 2.44. The number of fused-ring (bicyclic) bond motifs is 1. The lowest BCUT2D eigenvalue weighted by molar-refractivity contribution is -0.202. The van der Waals surface area contributed by atoms with Gasteiger partial charge in [-0.15, -0.1) is 0 Å². The molecule has 0 saturated heterocycles. The molecule has 236 valence electrons. The fourth-order valence-corrected chi connectivity index (χ4v) is 4.44. The van der Waals surface area contributed by atoms with E-state index in [0.717, 1.165) is 5.39 Å². The first-order chi connectivity index (χ1) is 21.4. The quantitative estimate of drug-likeness (QED) is 0.143. The third kappa shape index (κ3) is 8.19. The van der Waals surface area contributed by atoms with E-state index < -0.39 is 36.1 Å². The number of pyridine rings is 1. The normalized spacial score (nSPS) is 12.7. The number of aromatic nitrogens is 1. The monoisotopic (exact) mass is 624 g/mol. The number of carbonyl (C=O) groups excluding carboxylic acids is 3. The second-order valence-corrected chi connectivity index (χ2v) is 10.1. The number of ether oxygens (including phenoxy) is 3. The van der Waals surface area contributed by atoms with Crippen molar-refractivity contribution in [3.05, 3.63) is 90.1 Å². The van der Waals surface area contributed by atoms with Gasteiger partial charge >= 0.3 is 18.1 Å². The fraction of sp³-hybridized carbons (Fsp3) is 0.250. The number of hydrogen-bond acceptors (Lipinski definition) is 9. The van der Waals surface area contributed by atoms with E-state index in [9.17, 15) is 27.6 Å². The molecule has 0 aliphatic carbocycles. The highest BCUT2D eigenvalue weighted by atomic mass is 19.4. The van der Waals surface area contributed by atoms with Crippen molar-refractivity contribution in [2.45, 2.75) is 45.1 Å². The van der Waals surface area contributed by atoms with Crippen molar-refractivity contribution >= 4 is 40.1 Å². The lowest BCUT2D eigenvalue weighted by Gasteiger charge is -2.25. The molecule has 0 bridgehead atoms. The zero-order valence-corrected chi connectivity index (χ0v) is 24.6. The molecule has 3 aromatic carbocycles. The second-order valence-electron chi connectivity index (χ2n) is 10.1. The van der Waals surface area contributed by atoms with Crippen molar-refractivity contribution in [2.75, 3.05) is 17.7 Å². The third-order valence-corrected chi connectivity index (χ3v) is 6.41. The van der Waals surface area contributed by atoms with Crippen LogP contribution in [-0.4, -0.2) is 41.7 Å². The van der Waals surface area contributed by atoms with E-state index in [0.29, 0.717) is 34.0 Å². The summed E-state index contributed by atoms with van der Waals surface area (Å²) in [4.78, 5) is 42.4. The Kier molecular flexibility index (Phi) is 10.1. The largest absolute Gasteiger partial charge is 0.491 e. The summed E-state index contributed by atoms with van der Waals surface area (Å²) in [5.41, 5.74) is 6.91.